The Kier molecular flexibility index (Phi) is 5.97. The summed E-state index contributed by atoms with van der Waals surface area (Å²) in [7, 11) is 4.43. The topological polar surface area (TPSA) is 36.7 Å². The van der Waals surface area contributed by atoms with Crippen LogP contribution in [-0.4, -0.2) is 44.8 Å². The average molecular weight is 392 g/mol. The molecule has 154 valence electrons. The molecule has 4 rings (SSSR count). The summed E-state index contributed by atoms with van der Waals surface area (Å²) < 4.78 is 2.26. The minimum atomic E-state index is 0.367. The Morgan fingerprint density at radius 1 is 1.14 bits per heavy atom. The Bertz CT molecular complexity index is 961. The number of nitrogens with zero attached hydrogens (tertiary/aromatic N) is 5. The van der Waals surface area contributed by atoms with Crippen LogP contribution in [0.15, 0.2) is 42.7 Å². The Morgan fingerprint density at radius 3 is 2.83 bits per heavy atom. The van der Waals surface area contributed by atoms with Gasteiger partial charge in [-0.3, -0.25) is 9.88 Å². The molecular formula is C24H33N5. The third-order valence-corrected chi connectivity index (χ3v) is 5.90. The minimum Gasteiger partial charge on any atom is -0.302 e. The van der Waals surface area contributed by atoms with Crippen LogP contribution in [0.1, 0.15) is 55.4 Å². The second-order valence-corrected chi connectivity index (χ2v) is 8.90. The molecule has 1 atom stereocenters. The fourth-order valence-electron chi connectivity index (χ4n) is 4.69. The summed E-state index contributed by atoms with van der Waals surface area (Å²) in [4.78, 5) is 14.6. The highest BCUT2D eigenvalue weighted by Gasteiger charge is 2.26. The predicted octanol–water partition coefficient (Wildman–Crippen LogP) is 4.33. The average Bonchev–Trinajstić information content (AvgIpc) is 3.04. The molecule has 0 saturated carbocycles. The van der Waals surface area contributed by atoms with E-state index in [1.54, 1.807) is 0 Å². The second kappa shape index (κ2) is 8.64. The van der Waals surface area contributed by atoms with Crippen LogP contribution in [0.2, 0.25) is 0 Å². The molecule has 1 aliphatic carbocycles. The molecule has 0 saturated heterocycles. The smallest absolute Gasteiger partial charge is 0.137 e. The van der Waals surface area contributed by atoms with Crippen LogP contribution in [0.4, 0.5) is 0 Å². The lowest BCUT2D eigenvalue weighted by molar-refractivity contribution is 0.204. The van der Waals surface area contributed by atoms with Crippen molar-refractivity contribution in [2.24, 2.45) is 5.92 Å². The number of hydrogen-bond donors (Lipinski definition) is 0. The summed E-state index contributed by atoms with van der Waals surface area (Å²) in [5, 5.41) is 0. The third-order valence-electron chi connectivity index (χ3n) is 5.90. The number of aromatic nitrogens is 3. The summed E-state index contributed by atoms with van der Waals surface area (Å²) in [6, 6.07) is 10.9. The molecule has 3 aromatic heterocycles. The highest BCUT2D eigenvalue weighted by atomic mass is 15.2. The van der Waals surface area contributed by atoms with Crippen molar-refractivity contribution < 1.29 is 0 Å². The van der Waals surface area contributed by atoms with Crippen LogP contribution in [0.3, 0.4) is 0 Å². The van der Waals surface area contributed by atoms with Crippen molar-refractivity contribution in [3.05, 3.63) is 65.4 Å². The van der Waals surface area contributed by atoms with E-state index in [0.717, 1.165) is 38.1 Å². The van der Waals surface area contributed by atoms with Crippen molar-refractivity contribution in [1.29, 1.82) is 0 Å². The lowest BCUT2D eigenvalue weighted by Gasteiger charge is -2.32. The van der Waals surface area contributed by atoms with Crippen LogP contribution < -0.4 is 0 Å². The van der Waals surface area contributed by atoms with Crippen molar-refractivity contribution in [3.8, 4) is 0 Å². The number of fused-ring (bicyclic) bond motifs is 2. The maximum atomic E-state index is 5.01. The van der Waals surface area contributed by atoms with Gasteiger partial charge >= 0.3 is 0 Å². The number of pyridine rings is 2. The van der Waals surface area contributed by atoms with Crippen LogP contribution in [-0.2, 0) is 19.5 Å². The van der Waals surface area contributed by atoms with Crippen molar-refractivity contribution >= 4 is 5.65 Å². The van der Waals surface area contributed by atoms with Gasteiger partial charge in [0.2, 0.25) is 0 Å². The SMILES string of the molecule is CC(C)CN(C)Cc1c(CN(C)[C@H]2CCCc3cccnc32)nc2ccccn12. The van der Waals surface area contributed by atoms with E-state index < -0.39 is 0 Å². The molecule has 1 aliphatic rings. The van der Waals surface area contributed by atoms with Gasteiger partial charge < -0.3 is 9.30 Å². The van der Waals surface area contributed by atoms with Gasteiger partial charge in [0, 0.05) is 32.0 Å². The Hall–Kier alpha value is -2.24. The summed E-state index contributed by atoms with van der Waals surface area (Å²) in [6.45, 7) is 7.37. The van der Waals surface area contributed by atoms with Gasteiger partial charge in [0.1, 0.15) is 5.65 Å². The maximum Gasteiger partial charge on any atom is 0.137 e. The van der Waals surface area contributed by atoms with Gasteiger partial charge in [0.05, 0.1) is 23.1 Å². The zero-order valence-electron chi connectivity index (χ0n) is 18.2. The molecule has 5 nitrogen and oxygen atoms in total. The first-order chi connectivity index (χ1) is 14.0. The fraction of sp³-hybridized carbons (Fsp3) is 0.500. The molecule has 0 aliphatic heterocycles. The molecule has 0 amide bonds. The molecule has 0 fully saturated rings. The van der Waals surface area contributed by atoms with Gasteiger partial charge in [-0.1, -0.05) is 26.0 Å². The molecular weight excluding hydrogens is 358 g/mol. The van der Waals surface area contributed by atoms with E-state index in [1.807, 2.05) is 6.20 Å². The van der Waals surface area contributed by atoms with E-state index in [4.69, 9.17) is 9.97 Å². The normalized spacial score (nSPS) is 16.9. The Morgan fingerprint density at radius 2 is 2.00 bits per heavy atom. The molecule has 0 spiro atoms. The molecule has 0 N–H and O–H groups in total. The first kappa shape index (κ1) is 20.0. The molecule has 0 unspecified atom stereocenters. The fourth-order valence-corrected chi connectivity index (χ4v) is 4.69. The van der Waals surface area contributed by atoms with Gasteiger partial charge in [-0.05, 0) is 63.0 Å². The quantitative estimate of drug-likeness (QED) is 0.601. The summed E-state index contributed by atoms with van der Waals surface area (Å²) in [6.07, 6.45) is 7.61. The van der Waals surface area contributed by atoms with E-state index in [1.165, 1.54) is 29.1 Å². The van der Waals surface area contributed by atoms with E-state index in [0.29, 0.717) is 12.0 Å². The largest absolute Gasteiger partial charge is 0.302 e. The summed E-state index contributed by atoms with van der Waals surface area (Å²) >= 11 is 0. The van der Waals surface area contributed by atoms with E-state index in [9.17, 15) is 0 Å². The van der Waals surface area contributed by atoms with E-state index in [2.05, 4.69) is 78.7 Å². The van der Waals surface area contributed by atoms with Crippen molar-refractivity contribution in [2.75, 3.05) is 20.6 Å². The standard InChI is InChI=1S/C24H33N5/c1-18(2)15-27(3)17-22-20(26-23-12-5-6-14-29(22)23)16-28(4)21-11-7-9-19-10-8-13-25-24(19)21/h5-6,8,10,12-14,18,21H,7,9,11,15-17H2,1-4H3/t21-/m0/s1. The van der Waals surface area contributed by atoms with Gasteiger partial charge in [-0.25, -0.2) is 4.98 Å². The zero-order chi connectivity index (χ0) is 20.4. The van der Waals surface area contributed by atoms with E-state index in [-0.39, 0.29) is 0 Å². The maximum absolute atomic E-state index is 5.01. The number of aryl methyl sites for hydroxylation is 1. The Balaban J connectivity index is 1.61. The van der Waals surface area contributed by atoms with Crippen molar-refractivity contribution in [1.82, 2.24) is 24.2 Å². The third kappa shape index (κ3) is 4.36. The first-order valence-electron chi connectivity index (χ1n) is 10.8. The van der Waals surface area contributed by atoms with Gasteiger partial charge in [0.15, 0.2) is 0 Å². The lowest BCUT2D eigenvalue weighted by atomic mass is 9.91. The summed E-state index contributed by atoms with van der Waals surface area (Å²) in [5.41, 5.74) is 6.17. The van der Waals surface area contributed by atoms with Crippen LogP contribution in [0.5, 0.6) is 0 Å². The Labute approximate surface area is 174 Å². The minimum absolute atomic E-state index is 0.367. The highest BCUT2D eigenvalue weighted by Crippen LogP contribution is 2.33. The number of rotatable bonds is 7. The molecule has 5 heteroatoms. The second-order valence-electron chi connectivity index (χ2n) is 8.90. The zero-order valence-corrected chi connectivity index (χ0v) is 18.2. The lowest BCUT2D eigenvalue weighted by Crippen LogP contribution is -2.29. The van der Waals surface area contributed by atoms with Crippen molar-refractivity contribution in [3.63, 3.8) is 0 Å². The van der Waals surface area contributed by atoms with Crippen LogP contribution >= 0.6 is 0 Å². The molecule has 3 aromatic rings. The van der Waals surface area contributed by atoms with E-state index >= 15 is 0 Å². The number of imidazole rings is 1. The molecule has 3 heterocycles. The van der Waals surface area contributed by atoms with Gasteiger partial charge in [-0.15, -0.1) is 0 Å². The van der Waals surface area contributed by atoms with Gasteiger partial charge in [0.25, 0.3) is 0 Å². The van der Waals surface area contributed by atoms with Gasteiger partial charge in [-0.2, -0.15) is 0 Å². The van der Waals surface area contributed by atoms with Crippen molar-refractivity contribution in [2.45, 2.75) is 52.2 Å². The van der Waals surface area contributed by atoms with Crippen LogP contribution in [0.25, 0.3) is 5.65 Å². The molecule has 0 bridgehead atoms. The van der Waals surface area contributed by atoms with Crippen LogP contribution in [0, 0.1) is 5.92 Å². The highest BCUT2D eigenvalue weighted by molar-refractivity contribution is 5.43. The number of hydrogen-bond acceptors (Lipinski definition) is 4. The molecule has 0 aromatic carbocycles. The molecule has 29 heavy (non-hydrogen) atoms. The summed E-state index contributed by atoms with van der Waals surface area (Å²) in [5.74, 6) is 0.648. The molecule has 0 radical (unpaired) electrons. The monoisotopic (exact) mass is 391 g/mol. The predicted molar refractivity (Wildman–Crippen MR) is 118 cm³/mol. The first-order valence-corrected chi connectivity index (χ1v) is 10.8.